The SMILES string of the molecule is CCCN(C)CC(CS(C)(=O)=O)C(=O)O. The fourth-order valence-electron chi connectivity index (χ4n) is 1.42. The summed E-state index contributed by atoms with van der Waals surface area (Å²) in [5.74, 6) is -2.18. The van der Waals surface area contributed by atoms with Crippen LogP contribution in [0.3, 0.4) is 0 Å². The minimum atomic E-state index is -3.24. The Kier molecular flexibility index (Phi) is 5.82. The average Bonchev–Trinajstić information content (AvgIpc) is 2.00. The van der Waals surface area contributed by atoms with E-state index in [2.05, 4.69) is 0 Å². The zero-order valence-electron chi connectivity index (χ0n) is 9.43. The van der Waals surface area contributed by atoms with Crippen molar-refractivity contribution in [3.8, 4) is 0 Å². The Morgan fingerprint density at radius 3 is 2.33 bits per heavy atom. The molecule has 0 radical (unpaired) electrons. The standard InChI is InChI=1S/C9H19NO4S/c1-4-5-10(2)6-8(9(11)12)7-15(3,13)14/h8H,4-7H2,1-3H3,(H,11,12). The molecule has 1 N–H and O–H groups in total. The van der Waals surface area contributed by atoms with E-state index < -0.39 is 21.7 Å². The van der Waals surface area contributed by atoms with Crippen molar-refractivity contribution >= 4 is 15.8 Å². The van der Waals surface area contributed by atoms with Crippen molar-refractivity contribution in [2.45, 2.75) is 13.3 Å². The van der Waals surface area contributed by atoms with Crippen LogP contribution in [0.1, 0.15) is 13.3 Å². The van der Waals surface area contributed by atoms with Crippen LogP contribution in [-0.4, -0.2) is 56.5 Å². The van der Waals surface area contributed by atoms with Crippen molar-refractivity contribution in [3.63, 3.8) is 0 Å². The Hall–Kier alpha value is -0.620. The van der Waals surface area contributed by atoms with E-state index in [9.17, 15) is 13.2 Å². The molecule has 0 amide bonds. The molecule has 1 atom stereocenters. The lowest BCUT2D eigenvalue weighted by Gasteiger charge is -2.20. The highest BCUT2D eigenvalue weighted by Gasteiger charge is 2.23. The van der Waals surface area contributed by atoms with E-state index in [1.165, 1.54) is 0 Å². The van der Waals surface area contributed by atoms with E-state index in [1.807, 2.05) is 11.8 Å². The van der Waals surface area contributed by atoms with Crippen LogP contribution in [0.5, 0.6) is 0 Å². The van der Waals surface area contributed by atoms with E-state index in [0.29, 0.717) is 0 Å². The summed E-state index contributed by atoms with van der Waals surface area (Å²) >= 11 is 0. The first kappa shape index (κ1) is 14.4. The number of carboxylic acids is 1. The highest BCUT2D eigenvalue weighted by Crippen LogP contribution is 2.04. The number of carboxylic acid groups (broad SMARTS) is 1. The summed E-state index contributed by atoms with van der Waals surface area (Å²) < 4.78 is 22.0. The zero-order valence-corrected chi connectivity index (χ0v) is 10.2. The fraction of sp³-hybridized carbons (Fsp3) is 0.889. The number of carbonyl (C=O) groups is 1. The van der Waals surface area contributed by atoms with Gasteiger partial charge in [0.05, 0.1) is 11.7 Å². The summed E-state index contributed by atoms with van der Waals surface area (Å²) in [7, 11) is -1.44. The first-order chi connectivity index (χ1) is 6.76. The second-order valence-electron chi connectivity index (χ2n) is 3.89. The molecular formula is C9H19NO4S. The lowest BCUT2D eigenvalue weighted by Crippen LogP contribution is -2.35. The van der Waals surface area contributed by atoms with Gasteiger partial charge in [0.2, 0.25) is 0 Å². The third-order valence-corrected chi connectivity index (χ3v) is 3.00. The Morgan fingerprint density at radius 2 is 2.00 bits per heavy atom. The molecule has 0 aromatic rings. The molecule has 0 saturated heterocycles. The zero-order chi connectivity index (χ0) is 12.1. The highest BCUT2D eigenvalue weighted by molar-refractivity contribution is 7.90. The van der Waals surface area contributed by atoms with Gasteiger partial charge in [0.15, 0.2) is 0 Å². The van der Waals surface area contributed by atoms with Gasteiger partial charge in [-0.15, -0.1) is 0 Å². The number of sulfone groups is 1. The summed E-state index contributed by atoms with van der Waals surface area (Å²) in [5, 5.41) is 8.86. The largest absolute Gasteiger partial charge is 0.481 e. The third kappa shape index (κ3) is 7.33. The van der Waals surface area contributed by atoms with Crippen LogP contribution in [-0.2, 0) is 14.6 Å². The van der Waals surface area contributed by atoms with Crippen LogP contribution in [0.2, 0.25) is 0 Å². The normalized spacial score (nSPS) is 14.1. The van der Waals surface area contributed by atoms with Gasteiger partial charge in [-0.25, -0.2) is 8.42 Å². The lowest BCUT2D eigenvalue weighted by molar-refractivity contribution is -0.141. The molecule has 0 spiro atoms. The highest BCUT2D eigenvalue weighted by atomic mass is 32.2. The van der Waals surface area contributed by atoms with Gasteiger partial charge in [0, 0.05) is 12.8 Å². The van der Waals surface area contributed by atoms with Gasteiger partial charge in [-0.05, 0) is 20.0 Å². The van der Waals surface area contributed by atoms with E-state index in [1.54, 1.807) is 7.05 Å². The first-order valence-electron chi connectivity index (χ1n) is 4.85. The molecule has 0 aliphatic heterocycles. The van der Waals surface area contributed by atoms with Crippen LogP contribution in [0.15, 0.2) is 0 Å². The van der Waals surface area contributed by atoms with E-state index in [0.717, 1.165) is 19.2 Å². The predicted molar refractivity (Wildman–Crippen MR) is 58.6 cm³/mol. The van der Waals surface area contributed by atoms with Gasteiger partial charge < -0.3 is 10.0 Å². The van der Waals surface area contributed by atoms with Crippen molar-refractivity contribution in [2.24, 2.45) is 5.92 Å². The van der Waals surface area contributed by atoms with Crippen molar-refractivity contribution in [2.75, 3.05) is 32.1 Å². The fourth-order valence-corrected chi connectivity index (χ4v) is 2.40. The Morgan fingerprint density at radius 1 is 1.47 bits per heavy atom. The molecule has 0 saturated carbocycles. The summed E-state index contributed by atoms with van der Waals surface area (Å²) in [6.07, 6.45) is 1.98. The molecule has 0 aromatic carbocycles. The minimum Gasteiger partial charge on any atom is -0.481 e. The monoisotopic (exact) mass is 237 g/mol. The van der Waals surface area contributed by atoms with Crippen molar-refractivity contribution in [1.82, 2.24) is 4.90 Å². The van der Waals surface area contributed by atoms with Crippen LogP contribution in [0, 0.1) is 5.92 Å². The molecule has 15 heavy (non-hydrogen) atoms. The molecule has 0 rings (SSSR count). The molecule has 6 heteroatoms. The van der Waals surface area contributed by atoms with Crippen LogP contribution in [0.4, 0.5) is 0 Å². The summed E-state index contributed by atoms with van der Waals surface area (Å²) in [4.78, 5) is 12.7. The van der Waals surface area contributed by atoms with Gasteiger partial charge >= 0.3 is 5.97 Å². The average molecular weight is 237 g/mol. The smallest absolute Gasteiger partial charge is 0.308 e. The Bertz CT molecular complexity index is 299. The molecule has 0 aliphatic carbocycles. The van der Waals surface area contributed by atoms with Gasteiger partial charge in [0.25, 0.3) is 0 Å². The van der Waals surface area contributed by atoms with Gasteiger partial charge in [0.1, 0.15) is 9.84 Å². The topological polar surface area (TPSA) is 74.7 Å². The van der Waals surface area contributed by atoms with Crippen LogP contribution >= 0.6 is 0 Å². The predicted octanol–water partition coefficient (Wildman–Crippen LogP) is 0.0736. The first-order valence-corrected chi connectivity index (χ1v) is 6.91. The number of hydrogen-bond donors (Lipinski definition) is 1. The molecule has 90 valence electrons. The molecule has 1 unspecified atom stereocenters. The van der Waals surface area contributed by atoms with E-state index >= 15 is 0 Å². The van der Waals surface area contributed by atoms with Crippen molar-refractivity contribution in [3.05, 3.63) is 0 Å². The second-order valence-corrected chi connectivity index (χ2v) is 6.07. The van der Waals surface area contributed by atoms with Crippen molar-refractivity contribution < 1.29 is 18.3 Å². The number of rotatable bonds is 7. The Labute approximate surface area is 91.0 Å². The molecule has 0 fully saturated rings. The summed E-state index contributed by atoms with van der Waals surface area (Å²) in [6.45, 7) is 3.03. The Balaban J connectivity index is 4.36. The van der Waals surface area contributed by atoms with Crippen LogP contribution < -0.4 is 0 Å². The third-order valence-electron chi connectivity index (χ3n) is 1.99. The van der Waals surface area contributed by atoms with E-state index in [-0.39, 0.29) is 12.3 Å². The quantitative estimate of drug-likeness (QED) is 0.678. The number of aliphatic carboxylic acids is 1. The molecule has 0 bridgehead atoms. The van der Waals surface area contributed by atoms with Gasteiger partial charge in [-0.2, -0.15) is 0 Å². The molecule has 5 nitrogen and oxygen atoms in total. The van der Waals surface area contributed by atoms with Gasteiger partial charge in [-0.3, -0.25) is 4.79 Å². The van der Waals surface area contributed by atoms with Crippen LogP contribution in [0.25, 0.3) is 0 Å². The number of nitrogens with zero attached hydrogens (tertiary/aromatic N) is 1. The minimum absolute atomic E-state index is 0.274. The maximum absolute atomic E-state index is 11.0. The molecular weight excluding hydrogens is 218 g/mol. The summed E-state index contributed by atoms with van der Waals surface area (Å²) in [6, 6.07) is 0. The second kappa shape index (κ2) is 6.07. The number of hydrogen-bond acceptors (Lipinski definition) is 4. The lowest BCUT2D eigenvalue weighted by atomic mass is 10.1. The van der Waals surface area contributed by atoms with Crippen molar-refractivity contribution in [1.29, 1.82) is 0 Å². The maximum Gasteiger partial charge on any atom is 0.308 e. The maximum atomic E-state index is 11.0. The summed E-state index contributed by atoms with van der Waals surface area (Å²) in [5.41, 5.74) is 0. The molecule has 0 heterocycles. The van der Waals surface area contributed by atoms with Gasteiger partial charge in [-0.1, -0.05) is 6.92 Å². The molecule has 0 aromatic heterocycles. The van der Waals surface area contributed by atoms with E-state index in [4.69, 9.17) is 5.11 Å². The molecule has 0 aliphatic rings.